The summed E-state index contributed by atoms with van der Waals surface area (Å²) in [6.45, 7) is -5.50. The lowest BCUT2D eigenvalue weighted by Crippen LogP contribution is -2.17. The number of rotatable bonds is 7. The molecule has 0 saturated heterocycles. The van der Waals surface area contributed by atoms with E-state index in [-0.39, 0.29) is 12.5 Å². The minimum atomic E-state index is -2.69. The maximum Gasteiger partial charge on any atom is 0.328 e. The smallest absolute Gasteiger partial charge is 0.328 e. The van der Waals surface area contributed by atoms with Crippen molar-refractivity contribution in [2.24, 2.45) is 0 Å². The predicted octanol–water partition coefficient (Wildman–Crippen LogP) is 3.53. The molecule has 1 aromatic heterocycles. The number of aliphatic carboxylic acids is 2. The van der Waals surface area contributed by atoms with Crippen LogP contribution in [-0.2, 0) is 9.59 Å². The molecular weight excluding hydrogens is 368 g/mol. The van der Waals surface area contributed by atoms with Crippen molar-refractivity contribution in [3.63, 3.8) is 0 Å². The normalized spacial score (nSPS) is 15.9. The Kier molecular flexibility index (Phi) is 6.29. The van der Waals surface area contributed by atoms with Crippen LogP contribution in [-0.4, -0.2) is 52.5 Å². The lowest BCUT2D eigenvalue weighted by molar-refractivity contribution is -0.134. The quantitative estimate of drug-likeness (QED) is 0.696. The van der Waals surface area contributed by atoms with Crippen molar-refractivity contribution in [2.45, 2.75) is 12.3 Å². The van der Waals surface area contributed by atoms with Gasteiger partial charge in [0.25, 0.3) is 0 Å². The number of hydrogen-bond donors (Lipinski definition) is 2. The molecule has 0 aliphatic carbocycles. The lowest BCUT2D eigenvalue weighted by atomic mass is 9.92. The first-order valence-electron chi connectivity index (χ1n) is 10.8. The van der Waals surface area contributed by atoms with Crippen molar-refractivity contribution in [2.75, 3.05) is 20.5 Å². The van der Waals surface area contributed by atoms with E-state index in [1.54, 1.807) is 24.4 Å². The number of carboxylic acids is 2. The standard InChI is InChI=1S/C16H19ClN2.C4H4O4/c1-19(2)12-10-15(16-5-3-4-11-18-16)13-6-8-14(17)9-7-13;5-3(6)1-2-4(7)8/h3-9,11,15H,10,12H2,1-2H3;1-2H,(H,5,6)(H,7,8)/b;2-1-/t15-;/m0./s1/i1D3,2D3;. The van der Waals surface area contributed by atoms with Crippen LogP contribution in [0.2, 0.25) is 5.02 Å². The van der Waals surface area contributed by atoms with Gasteiger partial charge < -0.3 is 15.1 Å². The van der Waals surface area contributed by atoms with Crippen LogP contribution in [0.15, 0.2) is 60.8 Å². The summed E-state index contributed by atoms with van der Waals surface area (Å²) in [5.41, 5.74) is 1.65. The molecule has 1 atom stereocenters. The van der Waals surface area contributed by atoms with Gasteiger partial charge in [0.05, 0.1) is 0 Å². The number of halogens is 1. The zero-order chi connectivity index (χ0) is 25.2. The number of aromatic nitrogens is 1. The minimum Gasteiger partial charge on any atom is -0.478 e. The Balaban J connectivity index is 0.000000582. The van der Waals surface area contributed by atoms with Crippen LogP contribution in [0.4, 0.5) is 0 Å². The molecule has 0 amide bonds. The summed E-state index contributed by atoms with van der Waals surface area (Å²) in [5, 5.41) is 16.2. The molecule has 2 rings (SSSR count). The summed E-state index contributed by atoms with van der Waals surface area (Å²) in [5.74, 6) is -2.74. The van der Waals surface area contributed by atoms with Gasteiger partial charge in [-0.05, 0) is 56.7 Å². The van der Waals surface area contributed by atoms with Gasteiger partial charge in [-0.15, -0.1) is 0 Å². The third-order valence-corrected chi connectivity index (χ3v) is 3.58. The lowest BCUT2D eigenvalue weighted by Gasteiger charge is -2.19. The van der Waals surface area contributed by atoms with Gasteiger partial charge in [0.1, 0.15) is 0 Å². The maximum atomic E-state index is 9.55. The van der Waals surface area contributed by atoms with Crippen LogP contribution in [0.3, 0.4) is 0 Å². The second kappa shape index (κ2) is 11.8. The van der Waals surface area contributed by atoms with Crippen molar-refractivity contribution >= 4 is 23.5 Å². The van der Waals surface area contributed by atoms with E-state index in [9.17, 15) is 9.59 Å². The van der Waals surface area contributed by atoms with Crippen LogP contribution in [0.1, 0.15) is 31.8 Å². The Morgan fingerprint density at radius 3 is 2.26 bits per heavy atom. The average molecular weight is 397 g/mol. The third-order valence-electron chi connectivity index (χ3n) is 3.33. The van der Waals surface area contributed by atoms with E-state index >= 15 is 0 Å². The first-order chi connectivity index (χ1) is 15.2. The summed E-state index contributed by atoms with van der Waals surface area (Å²) >= 11 is 5.94. The van der Waals surface area contributed by atoms with Crippen molar-refractivity contribution in [3.8, 4) is 0 Å². The largest absolute Gasteiger partial charge is 0.478 e. The van der Waals surface area contributed by atoms with Crippen LogP contribution in [0.25, 0.3) is 0 Å². The summed E-state index contributed by atoms with van der Waals surface area (Å²) in [7, 11) is 0. The van der Waals surface area contributed by atoms with Gasteiger partial charge in [-0.2, -0.15) is 0 Å². The molecule has 1 aromatic carbocycles. The molecule has 0 saturated carbocycles. The highest BCUT2D eigenvalue weighted by atomic mass is 35.5. The van der Waals surface area contributed by atoms with Crippen LogP contribution < -0.4 is 0 Å². The Morgan fingerprint density at radius 2 is 1.78 bits per heavy atom. The molecule has 144 valence electrons. The highest BCUT2D eigenvalue weighted by molar-refractivity contribution is 6.30. The van der Waals surface area contributed by atoms with E-state index in [2.05, 4.69) is 4.98 Å². The molecule has 7 heteroatoms. The Morgan fingerprint density at radius 1 is 1.15 bits per heavy atom. The molecule has 0 fully saturated rings. The summed E-state index contributed by atoms with van der Waals surface area (Å²) in [4.78, 5) is 24.0. The van der Waals surface area contributed by atoms with Crippen LogP contribution in [0, 0.1) is 0 Å². The monoisotopic (exact) mass is 396 g/mol. The molecule has 2 aromatic rings. The van der Waals surface area contributed by atoms with Crippen molar-refractivity contribution in [1.29, 1.82) is 0 Å². The maximum absolute atomic E-state index is 9.55. The van der Waals surface area contributed by atoms with Crippen molar-refractivity contribution in [1.82, 2.24) is 9.88 Å². The molecular formula is C20H23ClN2O4. The molecule has 0 aliphatic heterocycles. The molecule has 2 N–H and O–H groups in total. The highest BCUT2D eigenvalue weighted by Gasteiger charge is 2.15. The summed E-state index contributed by atoms with van der Waals surface area (Å²) < 4.78 is 45.0. The fraction of sp³-hybridized carbons (Fsp3) is 0.250. The van der Waals surface area contributed by atoms with Gasteiger partial charge in [0.15, 0.2) is 0 Å². The Hall–Kier alpha value is -2.70. The fourth-order valence-corrected chi connectivity index (χ4v) is 2.29. The Labute approximate surface area is 172 Å². The molecule has 27 heavy (non-hydrogen) atoms. The van der Waals surface area contributed by atoms with E-state index in [0.717, 1.165) is 11.3 Å². The van der Waals surface area contributed by atoms with Gasteiger partial charge in [-0.25, -0.2) is 9.59 Å². The number of pyridine rings is 1. The zero-order valence-electron chi connectivity index (χ0n) is 20.2. The van der Waals surface area contributed by atoms with E-state index in [4.69, 9.17) is 30.0 Å². The highest BCUT2D eigenvalue weighted by Crippen LogP contribution is 2.27. The number of carboxylic acid groups (broad SMARTS) is 2. The van der Waals surface area contributed by atoms with E-state index in [0.29, 0.717) is 28.5 Å². The van der Waals surface area contributed by atoms with Gasteiger partial charge in [-0.1, -0.05) is 29.8 Å². The summed E-state index contributed by atoms with van der Waals surface area (Å²) in [6, 6.07) is 12.7. The molecule has 0 bridgehead atoms. The predicted molar refractivity (Wildman–Crippen MR) is 105 cm³/mol. The SMILES string of the molecule is O=C(O)/C=C\C(=O)O.[2H]C([2H])([2H])N(CC[C@@H](c1ccc(Cl)cc1)c1ccccn1)C([2H])([2H])[2H]. The summed E-state index contributed by atoms with van der Waals surface area (Å²) in [6.07, 6.45) is 3.07. The second-order valence-corrected chi connectivity index (χ2v) is 5.75. The Bertz CT molecular complexity index is 904. The minimum absolute atomic E-state index is 0.114. The molecule has 0 radical (unpaired) electrons. The average Bonchev–Trinajstić information content (AvgIpc) is 2.70. The number of nitrogens with zero attached hydrogens (tertiary/aromatic N) is 2. The van der Waals surface area contributed by atoms with E-state index in [1.807, 2.05) is 24.3 Å². The van der Waals surface area contributed by atoms with E-state index in [1.165, 1.54) is 0 Å². The van der Waals surface area contributed by atoms with Gasteiger partial charge >= 0.3 is 11.9 Å². The topological polar surface area (TPSA) is 90.7 Å². The molecule has 1 heterocycles. The van der Waals surface area contributed by atoms with Crippen LogP contribution in [0.5, 0.6) is 0 Å². The molecule has 6 nitrogen and oxygen atoms in total. The van der Waals surface area contributed by atoms with Crippen LogP contribution >= 0.6 is 11.6 Å². The number of carbonyl (C=O) groups is 2. The first-order valence-corrected chi connectivity index (χ1v) is 8.17. The second-order valence-electron chi connectivity index (χ2n) is 5.31. The molecule has 0 unspecified atom stereocenters. The first kappa shape index (κ1) is 14.4. The van der Waals surface area contributed by atoms with E-state index < -0.39 is 25.9 Å². The van der Waals surface area contributed by atoms with Gasteiger partial charge in [0.2, 0.25) is 0 Å². The fourth-order valence-electron chi connectivity index (χ4n) is 2.16. The van der Waals surface area contributed by atoms with Crippen molar-refractivity contribution < 1.29 is 28.0 Å². The third kappa shape index (κ3) is 9.53. The van der Waals surface area contributed by atoms with Crippen molar-refractivity contribution in [3.05, 3.63) is 77.1 Å². The molecule has 0 aliphatic rings. The van der Waals surface area contributed by atoms with Gasteiger partial charge in [0, 0.05) is 43.2 Å². The number of benzene rings is 1. The zero-order valence-corrected chi connectivity index (χ0v) is 15.0. The number of hydrogen-bond acceptors (Lipinski definition) is 4. The van der Waals surface area contributed by atoms with Gasteiger partial charge in [-0.3, -0.25) is 4.98 Å². The molecule has 0 spiro atoms.